The van der Waals surface area contributed by atoms with Crippen molar-refractivity contribution < 1.29 is 18.0 Å². The predicted octanol–water partition coefficient (Wildman–Crippen LogP) is 7.20. The first-order valence-corrected chi connectivity index (χ1v) is 9.74. The second kappa shape index (κ2) is 9.49. The van der Waals surface area contributed by atoms with Gasteiger partial charge in [0.15, 0.2) is 0 Å². The van der Waals surface area contributed by atoms with E-state index in [1.807, 2.05) is 39.8 Å². The highest BCUT2D eigenvalue weighted by molar-refractivity contribution is 8.07. The SMILES string of the molecule is C=C(C)S/C(C(=O)Nc1ccccc1C(C)(C)C)=C(\CCCC)C(F)(F)F. The van der Waals surface area contributed by atoms with Crippen LogP contribution < -0.4 is 5.32 Å². The summed E-state index contributed by atoms with van der Waals surface area (Å²) < 4.78 is 40.9. The van der Waals surface area contributed by atoms with Crippen LogP contribution in [0.1, 0.15) is 59.4 Å². The summed E-state index contributed by atoms with van der Waals surface area (Å²) in [7, 11) is 0. The molecule has 27 heavy (non-hydrogen) atoms. The molecule has 0 radical (unpaired) electrons. The molecule has 1 rings (SSSR count). The highest BCUT2D eigenvalue weighted by atomic mass is 32.2. The monoisotopic (exact) mass is 399 g/mol. The van der Waals surface area contributed by atoms with E-state index in [4.69, 9.17) is 0 Å². The number of para-hydroxylation sites is 1. The van der Waals surface area contributed by atoms with E-state index in [1.165, 1.54) is 0 Å². The Kier molecular flexibility index (Phi) is 8.21. The van der Waals surface area contributed by atoms with Crippen molar-refractivity contribution in [2.45, 2.75) is 65.5 Å². The Labute approximate surface area is 164 Å². The molecule has 1 aromatic rings. The summed E-state index contributed by atoms with van der Waals surface area (Å²) in [5, 5.41) is 2.69. The average molecular weight is 400 g/mol. The van der Waals surface area contributed by atoms with Gasteiger partial charge in [-0.05, 0) is 41.7 Å². The van der Waals surface area contributed by atoms with Crippen LogP contribution in [-0.4, -0.2) is 12.1 Å². The number of amides is 1. The maximum Gasteiger partial charge on any atom is 0.413 e. The molecule has 0 heterocycles. The second-order valence-electron chi connectivity index (χ2n) is 7.46. The molecule has 0 aromatic heterocycles. The van der Waals surface area contributed by atoms with Gasteiger partial charge in [0.1, 0.15) is 0 Å². The van der Waals surface area contributed by atoms with Gasteiger partial charge in [0, 0.05) is 5.69 Å². The first-order valence-electron chi connectivity index (χ1n) is 8.92. The van der Waals surface area contributed by atoms with Crippen LogP contribution in [0.25, 0.3) is 0 Å². The molecule has 1 aromatic carbocycles. The lowest BCUT2D eigenvalue weighted by Crippen LogP contribution is -2.23. The Morgan fingerprint density at radius 3 is 2.26 bits per heavy atom. The van der Waals surface area contributed by atoms with Gasteiger partial charge in [-0.1, -0.05) is 70.7 Å². The molecule has 0 atom stereocenters. The van der Waals surface area contributed by atoms with Gasteiger partial charge in [-0.3, -0.25) is 4.79 Å². The first-order chi connectivity index (χ1) is 12.4. The lowest BCUT2D eigenvalue weighted by Gasteiger charge is -2.24. The van der Waals surface area contributed by atoms with Crippen molar-refractivity contribution in [1.29, 1.82) is 0 Å². The molecule has 0 aliphatic heterocycles. The zero-order valence-corrected chi connectivity index (χ0v) is 17.4. The molecule has 6 heteroatoms. The predicted molar refractivity (Wildman–Crippen MR) is 109 cm³/mol. The summed E-state index contributed by atoms with van der Waals surface area (Å²) in [6.45, 7) is 13.0. The Bertz CT molecular complexity index is 715. The maximum atomic E-state index is 13.6. The third-order valence-electron chi connectivity index (χ3n) is 3.86. The molecule has 0 aliphatic carbocycles. The van der Waals surface area contributed by atoms with Crippen molar-refractivity contribution >= 4 is 23.4 Å². The summed E-state index contributed by atoms with van der Waals surface area (Å²) in [6.07, 6.45) is -3.78. The van der Waals surface area contributed by atoms with Crippen LogP contribution in [0.2, 0.25) is 0 Å². The zero-order chi connectivity index (χ0) is 20.8. The van der Waals surface area contributed by atoms with E-state index in [9.17, 15) is 18.0 Å². The summed E-state index contributed by atoms with van der Waals surface area (Å²) in [5.74, 6) is -0.747. The lowest BCUT2D eigenvalue weighted by atomic mass is 9.86. The van der Waals surface area contributed by atoms with E-state index < -0.39 is 17.7 Å². The number of rotatable bonds is 7. The number of alkyl halides is 3. The normalized spacial score (nSPS) is 13.2. The Morgan fingerprint density at radius 1 is 1.19 bits per heavy atom. The molecule has 0 aliphatic rings. The van der Waals surface area contributed by atoms with Gasteiger partial charge in [-0.15, -0.1) is 0 Å². The lowest BCUT2D eigenvalue weighted by molar-refractivity contribution is -0.114. The van der Waals surface area contributed by atoms with Crippen molar-refractivity contribution in [3.05, 3.63) is 51.8 Å². The molecule has 150 valence electrons. The number of allylic oxidation sites excluding steroid dienone is 2. The average Bonchev–Trinajstić information content (AvgIpc) is 2.52. The summed E-state index contributed by atoms with van der Waals surface area (Å²) in [4.78, 5) is 13.0. The minimum absolute atomic E-state index is 0.191. The van der Waals surface area contributed by atoms with E-state index in [0.29, 0.717) is 23.4 Å². The van der Waals surface area contributed by atoms with Gasteiger partial charge in [-0.25, -0.2) is 0 Å². The number of carbonyl (C=O) groups is 1. The number of carbonyl (C=O) groups excluding carboxylic acids is 1. The van der Waals surface area contributed by atoms with E-state index in [1.54, 1.807) is 19.1 Å². The summed E-state index contributed by atoms with van der Waals surface area (Å²) >= 11 is 0.779. The minimum Gasteiger partial charge on any atom is -0.321 e. The molecule has 0 saturated heterocycles. The fourth-order valence-corrected chi connectivity index (χ4v) is 3.42. The molecule has 1 N–H and O–H groups in total. The van der Waals surface area contributed by atoms with E-state index in [0.717, 1.165) is 17.3 Å². The minimum atomic E-state index is -4.56. The smallest absolute Gasteiger partial charge is 0.321 e. The number of anilines is 1. The van der Waals surface area contributed by atoms with Gasteiger partial charge in [0.05, 0.1) is 10.5 Å². The molecule has 0 unspecified atom stereocenters. The number of benzene rings is 1. The van der Waals surface area contributed by atoms with E-state index >= 15 is 0 Å². The first kappa shape index (κ1) is 23.3. The van der Waals surface area contributed by atoms with Gasteiger partial charge in [-0.2, -0.15) is 13.2 Å². The number of thioether (sulfide) groups is 1. The van der Waals surface area contributed by atoms with E-state index in [2.05, 4.69) is 11.9 Å². The van der Waals surface area contributed by atoms with Crippen molar-refractivity contribution in [2.75, 3.05) is 5.32 Å². The van der Waals surface area contributed by atoms with Crippen LogP contribution >= 0.6 is 11.8 Å². The van der Waals surface area contributed by atoms with Gasteiger partial charge in [0.2, 0.25) is 0 Å². The van der Waals surface area contributed by atoms with Crippen molar-refractivity contribution in [3.8, 4) is 0 Å². The van der Waals surface area contributed by atoms with Crippen LogP contribution in [0.15, 0.2) is 46.2 Å². The number of hydrogen-bond donors (Lipinski definition) is 1. The topological polar surface area (TPSA) is 29.1 Å². The van der Waals surface area contributed by atoms with Crippen LogP contribution in [-0.2, 0) is 10.2 Å². The summed E-state index contributed by atoms with van der Waals surface area (Å²) in [6, 6.07) is 7.17. The van der Waals surface area contributed by atoms with Gasteiger partial charge in [0.25, 0.3) is 5.91 Å². The molecule has 0 spiro atoms. The van der Waals surface area contributed by atoms with Crippen LogP contribution in [0.5, 0.6) is 0 Å². The standard InChI is InChI=1S/C21H28F3NOS/c1-7-8-11-16(21(22,23)24)18(27-14(2)3)19(26)25-17-13-10-9-12-15(17)20(4,5)6/h9-10,12-13H,2,7-8,11H2,1,3-6H3,(H,25,26)/b18-16+. The molecule has 0 saturated carbocycles. The maximum absolute atomic E-state index is 13.6. The molecule has 1 amide bonds. The third-order valence-corrected chi connectivity index (χ3v) is 4.85. The van der Waals surface area contributed by atoms with Gasteiger partial charge >= 0.3 is 6.18 Å². The van der Waals surface area contributed by atoms with Crippen LogP contribution in [0.3, 0.4) is 0 Å². The summed E-state index contributed by atoms with van der Waals surface area (Å²) in [5.41, 5.74) is 0.333. The highest BCUT2D eigenvalue weighted by Gasteiger charge is 2.38. The molecular formula is C21H28F3NOS. The molecule has 2 nitrogen and oxygen atoms in total. The zero-order valence-electron chi connectivity index (χ0n) is 16.6. The Balaban J connectivity index is 3.39. The largest absolute Gasteiger partial charge is 0.413 e. The van der Waals surface area contributed by atoms with Crippen molar-refractivity contribution in [2.24, 2.45) is 0 Å². The quantitative estimate of drug-likeness (QED) is 0.491. The Hall–Kier alpha value is -1.69. The highest BCUT2D eigenvalue weighted by Crippen LogP contribution is 2.39. The van der Waals surface area contributed by atoms with Crippen LogP contribution in [0.4, 0.5) is 18.9 Å². The fraction of sp³-hybridized carbons (Fsp3) is 0.476. The third kappa shape index (κ3) is 7.09. The second-order valence-corrected chi connectivity index (χ2v) is 8.77. The number of unbranched alkanes of at least 4 members (excludes halogenated alkanes) is 1. The molecule has 0 fully saturated rings. The number of halogens is 3. The molecule has 0 bridgehead atoms. The number of nitrogens with one attached hydrogen (secondary N) is 1. The fourth-order valence-electron chi connectivity index (χ4n) is 2.58. The Morgan fingerprint density at radius 2 is 1.78 bits per heavy atom. The van der Waals surface area contributed by atoms with Gasteiger partial charge < -0.3 is 5.32 Å². The van der Waals surface area contributed by atoms with Crippen LogP contribution in [0, 0.1) is 0 Å². The number of hydrogen-bond acceptors (Lipinski definition) is 2. The van der Waals surface area contributed by atoms with Crippen molar-refractivity contribution in [3.63, 3.8) is 0 Å². The van der Waals surface area contributed by atoms with Crippen molar-refractivity contribution in [1.82, 2.24) is 0 Å². The molecular weight excluding hydrogens is 371 g/mol. The van der Waals surface area contributed by atoms with E-state index in [-0.39, 0.29) is 16.7 Å².